The number of carbonyl (C=O) groups is 2. The number of rotatable bonds is 9. The van der Waals surface area contributed by atoms with Crippen LogP contribution < -0.4 is 0 Å². The first-order valence-corrected chi connectivity index (χ1v) is 7.01. The molecule has 0 aromatic heterocycles. The van der Waals surface area contributed by atoms with Crippen LogP contribution in [0.5, 0.6) is 0 Å². The second kappa shape index (κ2) is 10.1. The number of terminal acetylenes is 1. The van der Waals surface area contributed by atoms with Crippen LogP contribution in [-0.2, 0) is 19.1 Å². The van der Waals surface area contributed by atoms with Gasteiger partial charge < -0.3 is 9.47 Å². The lowest BCUT2D eigenvalue weighted by Crippen LogP contribution is -2.41. The maximum atomic E-state index is 12.2. The normalized spacial score (nSPS) is 11.1. The van der Waals surface area contributed by atoms with Crippen molar-refractivity contribution in [2.75, 3.05) is 13.2 Å². The van der Waals surface area contributed by atoms with Crippen molar-refractivity contribution in [3.05, 3.63) is 12.2 Å². The lowest BCUT2D eigenvalue weighted by atomic mass is 9.81. The number of unbranched alkanes of at least 4 members (excludes halogenated alkanes) is 1. The number of esters is 2. The molecule has 0 unspecified atom stereocenters. The fraction of sp³-hybridized carbons (Fsp3) is 0.625. The summed E-state index contributed by atoms with van der Waals surface area (Å²) in [5, 5.41) is 0. The fourth-order valence-electron chi connectivity index (χ4n) is 1.75. The molecule has 0 saturated heterocycles. The highest BCUT2D eigenvalue weighted by Gasteiger charge is 2.47. The highest BCUT2D eigenvalue weighted by molar-refractivity contribution is 6.00. The van der Waals surface area contributed by atoms with Crippen LogP contribution >= 0.6 is 0 Å². The Morgan fingerprint density at radius 1 is 1.10 bits per heavy atom. The van der Waals surface area contributed by atoms with E-state index in [9.17, 15) is 9.59 Å². The Morgan fingerprint density at radius 3 is 2.05 bits per heavy atom. The maximum absolute atomic E-state index is 12.2. The summed E-state index contributed by atoms with van der Waals surface area (Å²) in [5.74, 6) is 1.17. The molecule has 4 nitrogen and oxygen atoms in total. The zero-order valence-electron chi connectivity index (χ0n) is 12.6. The second-order valence-corrected chi connectivity index (χ2v) is 4.37. The lowest BCUT2D eigenvalue weighted by molar-refractivity contribution is -0.171. The van der Waals surface area contributed by atoms with Gasteiger partial charge in [0.25, 0.3) is 0 Å². The summed E-state index contributed by atoms with van der Waals surface area (Å²) < 4.78 is 10.0. The summed E-state index contributed by atoms with van der Waals surface area (Å²) in [6.07, 6.45) is 11.1. The van der Waals surface area contributed by atoms with Gasteiger partial charge in [0.1, 0.15) is 0 Å². The molecule has 0 aliphatic rings. The molecule has 0 amide bonds. The van der Waals surface area contributed by atoms with E-state index in [1.807, 2.05) is 6.08 Å². The predicted octanol–water partition coefficient (Wildman–Crippen LogP) is 2.87. The molecule has 0 radical (unpaired) electrons. The van der Waals surface area contributed by atoms with Gasteiger partial charge >= 0.3 is 11.9 Å². The van der Waals surface area contributed by atoms with E-state index in [0.29, 0.717) is 0 Å². The Balaban J connectivity index is 5.27. The van der Waals surface area contributed by atoms with E-state index in [2.05, 4.69) is 12.8 Å². The molecule has 0 aliphatic carbocycles. The molecule has 20 heavy (non-hydrogen) atoms. The molecular weight excluding hydrogens is 256 g/mol. The van der Waals surface area contributed by atoms with Crippen molar-refractivity contribution in [1.29, 1.82) is 0 Å². The molecule has 112 valence electrons. The molecule has 0 rings (SSSR count). The number of hydrogen-bond acceptors (Lipinski definition) is 4. The van der Waals surface area contributed by atoms with Gasteiger partial charge in [-0.25, -0.2) is 0 Å². The van der Waals surface area contributed by atoms with Gasteiger partial charge in [0.15, 0.2) is 5.41 Å². The van der Waals surface area contributed by atoms with Gasteiger partial charge in [0.2, 0.25) is 0 Å². The van der Waals surface area contributed by atoms with E-state index in [1.165, 1.54) is 0 Å². The molecular formula is C16H24O4. The fourth-order valence-corrected chi connectivity index (χ4v) is 1.75. The summed E-state index contributed by atoms with van der Waals surface area (Å²) in [6, 6.07) is 0. The summed E-state index contributed by atoms with van der Waals surface area (Å²) >= 11 is 0. The van der Waals surface area contributed by atoms with E-state index in [1.54, 1.807) is 19.9 Å². The molecule has 0 heterocycles. The average Bonchev–Trinajstić information content (AvgIpc) is 2.42. The van der Waals surface area contributed by atoms with Crippen molar-refractivity contribution in [1.82, 2.24) is 0 Å². The zero-order chi connectivity index (χ0) is 15.4. The third-order valence-corrected chi connectivity index (χ3v) is 2.82. The van der Waals surface area contributed by atoms with Crippen molar-refractivity contribution >= 4 is 11.9 Å². The van der Waals surface area contributed by atoms with Crippen LogP contribution in [0.15, 0.2) is 12.2 Å². The molecule has 4 heteroatoms. The van der Waals surface area contributed by atoms with Crippen molar-refractivity contribution in [2.45, 2.75) is 46.5 Å². The Kier molecular flexibility index (Phi) is 9.19. The minimum absolute atomic E-state index is 0.0267. The van der Waals surface area contributed by atoms with Crippen LogP contribution in [0.4, 0.5) is 0 Å². The highest BCUT2D eigenvalue weighted by atomic mass is 16.6. The van der Waals surface area contributed by atoms with Gasteiger partial charge in [-0.2, -0.15) is 0 Å². The summed E-state index contributed by atoms with van der Waals surface area (Å²) in [5.41, 5.74) is -1.43. The minimum Gasteiger partial charge on any atom is -0.465 e. The largest absolute Gasteiger partial charge is 0.465 e. The lowest BCUT2D eigenvalue weighted by Gasteiger charge is -2.26. The van der Waals surface area contributed by atoms with Crippen LogP contribution in [0, 0.1) is 17.8 Å². The van der Waals surface area contributed by atoms with Crippen LogP contribution in [-0.4, -0.2) is 25.2 Å². The van der Waals surface area contributed by atoms with Gasteiger partial charge in [0.05, 0.1) is 13.2 Å². The topological polar surface area (TPSA) is 52.6 Å². The van der Waals surface area contributed by atoms with Crippen LogP contribution in [0.25, 0.3) is 0 Å². The van der Waals surface area contributed by atoms with E-state index >= 15 is 0 Å². The average molecular weight is 280 g/mol. The molecule has 0 aromatic carbocycles. The van der Waals surface area contributed by atoms with Crippen LogP contribution in [0.1, 0.15) is 46.5 Å². The van der Waals surface area contributed by atoms with Gasteiger partial charge in [-0.3, -0.25) is 9.59 Å². The Hall–Kier alpha value is -1.76. The van der Waals surface area contributed by atoms with E-state index in [4.69, 9.17) is 15.9 Å². The standard InChI is InChI=1S/C16H24O4/c1-5-9-10-11-13-16(12-6-2,14(17)19-7-3)15(18)20-8-4/h2,10-11H,5,7-9,12-13H2,1,3-4H3/b11-10+. The summed E-state index contributed by atoms with van der Waals surface area (Å²) in [6.45, 7) is 5.83. The SMILES string of the molecule is C#CCC(C/C=C/CCC)(C(=O)OCC)C(=O)OCC. The van der Waals surface area contributed by atoms with Crippen molar-refractivity contribution in [3.63, 3.8) is 0 Å². The Labute approximate surface area is 121 Å². The predicted molar refractivity (Wildman–Crippen MR) is 77.8 cm³/mol. The quantitative estimate of drug-likeness (QED) is 0.282. The molecule has 0 aliphatic heterocycles. The summed E-state index contributed by atoms with van der Waals surface area (Å²) in [7, 11) is 0. The summed E-state index contributed by atoms with van der Waals surface area (Å²) in [4.78, 5) is 24.4. The van der Waals surface area contributed by atoms with E-state index in [0.717, 1.165) is 12.8 Å². The number of allylic oxidation sites excluding steroid dienone is 2. The molecule has 0 spiro atoms. The molecule has 0 aromatic rings. The molecule has 0 fully saturated rings. The highest BCUT2D eigenvalue weighted by Crippen LogP contribution is 2.31. The molecule has 0 atom stereocenters. The van der Waals surface area contributed by atoms with Crippen LogP contribution in [0.3, 0.4) is 0 Å². The van der Waals surface area contributed by atoms with Gasteiger partial charge in [0, 0.05) is 6.42 Å². The van der Waals surface area contributed by atoms with E-state index < -0.39 is 17.4 Å². The number of ether oxygens (including phenoxy) is 2. The third-order valence-electron chi connectivity index (χ3n) is 2.82. The number of hydrogen-bond donors (Lipinski definition) is 0. The van der Waals surface area contributed by atoms with Crippen molar-refractivity contribution in [2.24, 2.45) is 5.41 Å². The van der Waals surface area contributed by atoms with E-state index in [-0.39, 0.29) is 26.1 Å². The van der Waals surface area contributed by atoms with Gasteiger partial charge in [-0.1, -0.05) is 25.5 Å². The maximum Gasteiger partial charge on any atom is 0.324 e. The minimum atomic E-state index is -1.43. The third kappa shape index (κ3) is 5.08. The first-order chi connectivity index (χ1) is 9.58. The van der Waals surface area contributed by atoms with Crippen molar-refractivity contribution < 1.29 is 19.1 Å². The first kappa shape index (κ1) is 18.2. The Bertz CT molecular complexity index is 358. The second-order valence-electron chi connectivity index (χ2n) is 4.37. The molecule has 0 saturated carbocycles. The first-order valence-electron chi connectivity index (χ1n) is 7.01. The molecule has 0 N–H and O–H groups in total. The van der Waals surface area contributed by atoms with Crippen molar-refractivity contribution in [3.8, 4) is 12.3 Å². The van der Waals surface area contributed by atoms with Crippen LogP contribution in [0.2, 0.25) is 0 Å². The zero-order valence-corrected chi connectivity index (χ0v) is 12.6. The van der Waals surface area contributed by atoms with Gasteiger partial charge in [-0.05, 0) is 26.7 Å². The smallest absolute Gasteiger partial charge is 0.324 e. The molecule has 0 bridgehead atoms. The number of carbonyl (C=O) groups excluding carboxylic acids is 2. The van der Waals surface area contributed by atoms with Gasteiger partial charge in [-0.15, -0.1) is 12.3 Å². The Morgan fingerprint density at radius 2 is 1.65 bits per heavy atom. The monoisotopic (exact) mass is 280 g/mol.